The average molecular weight is 399 g/mol. The number of H-pyrrole nitrogens is 1. The van der Waals surface area contributed by atoms with Gasteiger partial charge in [-0.25, -0.2) is 4.98 Å². The molecule has 158 valence electrons. The zero-order valence-electron chi connectivity index (χ0n) is 16.1. The molecule has 3 rings (SSSR count). The number of hydrogen-bond acceptors (Lipinski definition) is 5. The second kappa shape index (κ2) is 20.4. The molecule has 1 aliphatic rings. The van der Waals surface area contributed by atoms with E-state index in [1.54, 1.807) is 12.4 Å². The van der Waals surface area contributed by atoms with Gasteiger partial charge in [0.1, 0.15) is 0 Å². The van der Waals surface area contributed by atoms with Gasteiger partial charge in [0.05, 0.1) is 18.6 Å². The number of nitrogens with one attached hydrogen (secondary N) is 1. The molecule has 0 spiro atoms. The predicted molar refractivity (Wildman–Crippen MR) is 103 cm³/mol. The minimum absolute atomic E-state index is 0. The number of esters is 1. The number of nitrogens with zero attached hydrogens (tertiary/aromatic N) is 1. The molecule has 1 aliphatic heterocycles. The number of carbonyl (C=O) groups excluding carboxylic acids is 1. The summed E-state index contributed by atoms with van der Waals surface area (Å²) in [6.45, 7) is 3.35. The first-order valence-corrected chi connectivity index (χ1v) is 8.27. The van der Waals surface area contributed by atoms with E-state index in [1.165, 1.54) is 6.92 Å². The van der Waals surface area contributed by atoms with Gasteiger partial charge in [0.15, 0.2) is 12.4 Å². The van der Waals surface area contributed by atoms with Crippen LogP contribution in [0.4, 0.5) is 0 Å². The fraction of sp³-hybridized carbons (Fsp3) is 0.368. The first-order valence-electron chi connectivity index (χ1n) is 8.27. The van der Waals surface area contributed by atoms with E-state index in [9.17, 15) is 9.59 Å². The number of carboxylic acid groups (broad SMARTS) is 1. The summed E-state index contributed by atoms with van der Waals surface area (Å²) in [5.74, 6) is -1.01. The van der Waals surface area contributed by atoms with Crippen LogP contribution in [-0.2, 0) is 14.3 Å². The fourth-order valence-corrected chi connectivity index (χ4v) is 1.57. The lowest BCUT2D eigenvalue weighted by Gasteiger charge is -1.95. The van der Waals surface area contributed by atoms with Crippen LogP contribution in [0, 0.1) is 0 Å². The Morgan fingerprint density at radius 3 is 1.82 bits per heavy atom. The zero-order chi connectivity index (χ0) is 19.6. The average Bonchev–Trinajstić information content (AvgIpc) is 3.01. The monoisotopic (exact) mass is 399 g/mol. The van der Waals surface area contributed by atoms with Crippen LogP contribution in [0.15, 0.2) is 61.2 Å². The first kappa shape index (κ1) is 29.9. The largest absolute Gasteiger partial charge is 0.481 e. The number of hydrogen-bond donors (Lipinski definition) is 2. The molecular weight excluding hydrogens is 368 g/mol. The third-order valence-corrected chi connectivity index (χ3v) is 2.73. The summed E-state index contributed by atoms with van der Waals surface area (Å²) in [4.78, 5) is 26.6. The smallest absolute Gasteiger partial charge is 0.306 e. The SMILES string of the molecule is CC(O)CC(=O)O.CC1CCC(=O)O1.O.O.c1cc[nH+]cc1.c1ccncc1. The van der Waals surface area contributed by atoms with Crippen molar-refractivity contribution < 1.29 is 40.5 Å². The molecule has 0 bridgehead atoms. The van der Waals surface area contributed by atoms with Crippen molar-refractivity contribution in [3.05, 3.63) is 61.2 Å². The van der Waals surface area contributed by atoms with Crippen LogP contribution in [0.25, 0.3) is 0 Å². The van der Waals surface area contributed by atoms with Gasteiger partial charge in [0.2, 0.25) is 0 Å². The normalized spacial score (nSPS) is 14.4. The van der Waals surface area contributed by atoms with Crippen molar-refractivity contribution in [2.45, 2.75) is 45.3 Å². The third kappa shape index (κ3) is 23.1. The van der Waals surface area contributed by atoms with Gasteiger partial charge in [-0.05, 0) is 32.4 Å². The standard InChI is InChI=1S/2C5H5N.C5H8O2.C4H8O3.2H2O/c2*1-2-4-6-5-3-1;1-4-2-3-5(6)7-4;1-3(5)2-4(6)7;;/h2*1-5H;4H,2-3H2,1H3;3,5H,2H2,1H3,(H,6,7);2*1H2/p+1. The van der Waals surface area contributed by atoms with Gasteiger partial charge in [0, 0.05) is 30.9 Å². The third-order valence-electron chi connectivity index (χ3n) is 2.73. The molecule has 28 heavy (non-hydrogen) atoms. The molecule has 9 heteroatoms. The van der Waals surface area contributed by atoms with E-state index in [1.807, 2.05) is 55.7 Å². The van der Waals surface area contributed by atoms with Crippen LogP contribution < -0.4 is 4.98 Å². The van der Waals surface area contributed by atoms with Gasteiger partial charge in [0.25, 0.3) is 0 Å². The number of carbonyl (C=O) groups is 2. The molecule has 2 aromatic heterocycles. The van der Waals surface area contributed by atoms with Crippen molar-refractivity contribution in [2.75, 3.05) is 0 Å². The number of pyridine rings is 2. The molecular formula is C19H31N2O7+. The Hall–Kier alpha value is -2.88. The molecule has 1 saturated heterocycles. The van der Waals surface area contributed by atoms with Gasteiger partial charge >= 0.3 is 11.9 Å². The van der Waals surface area contributed by atoms with Crippen LogP contribution in [0.3, 0.4) is 0 Å². The van der Waals surface area contributed by atoms with E-state index in [2.05, 4.69) is 9.97 Å². The minimum Gasteiger partial charge on any atom is -0.481 e. The van der Waals surface area contributed by atoms with Gasteiger partial charge in [-0.2, -0.15) is 0 Å². The molecule has 0 saturated carbocycles. The summed E-state index contributed by atoms with van der Waals surface area (Å²) < 4.78 is 4.72. The van der Waals surface area contributed by atoms with Crippen LogP contribution in [0.2, 0.25) is 0 Å². The van der Waals surface area contributed by atoms with Crippen molar-refractivity contribution in [1.82, 2.24) is 4.98 Å². The first-order chi connectivity index (χ1) is 12.4. The molecule has 1 fully saturated rings. The zero-order valence-corrected chi connectivity index (χ0v) is 16.1. The lowest BCUT2D eigenvalue weighted by Crippen LogP contribution is -2.07. The maximum absolute atomic E-state index is 10.2. The van der Waals surface area contributed by atoms with Gasteiger partial charge in [-0.3, -0.25) is 14.6 Å². The quantitative estimate of drug-likeness (QED) is 0.695. The van der Waals surface area contributed by atoms with Crippen LogP contribution in [-0.4, -0.2) is 50.3 Å². The van der Waals surface area contributed by atoms with Crippen LogP contribution in [0.1, 0.15) is 33.1 Å². The Bertz CT molecular complexity index is 498. The van der Waals surface area contributed by atoms with Crippen molar-refractivity contribution in [1.29, 1.82) is 0 Å². The number of carboxylic acids is 1. The number of aliphatic carboxylic acids is 1. The molecule has 2 unspecified atom stereocenters. The molecule has 0 aromatic carbocycles. The molecule has 2 aromatic rings. The topological polar surface area (TPSA) is 174 Å². The fourth-order valence-electron chi connectivity index (χ4n) is 1.57. The highest BCUT2D eigenvalue weighted by molar-refractivity contribution is 5.71. The van der Waals surface area contributed by atoms with Crippen LogP contribution >= 0.6 is 0 Å². The van der Waals surface area contributed by atoms with Gasteiger partial charge in [-0.1, -0.05) is 12.1 Å². The molecule has 0 aliphatic carbocycles. The second-order valence-corrected chi connectivity index (χ2v) is 5.39. The van der Waals surface area contributed by atoms with Crippen LogP contribution in [0.5, 0.6) is 0 Å². The van der Waals surface area contributed by atoms with Crippen molar-refractivity contribution in [3.63, 3.8) is 0 Å². The molecule has 0 radical (unpaired) electrons. The summed E-state index contributed by atoms with van der Waals surface area (Å²) >= 11 is 0. The highest BCUT2D eigenvalue weighted by Crippen LogP contribution is 2.11. The van der Waals surface area contributed by atoms with Gasteiger partial charge in [-0.15, -0.1) is 0 Å². The Labute approximate surface area is 164 Å². The van der Waals surface area contributed by atoms with E-state index in [0.717, 1.165) is 6.42 Å². The highest BCUT2D eigenvalue weighted by Gasteiger charge is 2.17. The molecule has 3 heterocycles. The number of rotatable bonds is 2. The number of aromatic nitrogens is 2. The number of ether oxygens (including phenoxy) is 1. The lowest BCUT2D eigenvalue weighted by molar-refractivity contribution is -0.377. The Kier molecular flexibility index (Phi) is 21.8. The molecule has 9 nitrogen and oxygen atoms in total. The summed E-state index contributed by atoms with van der Waals surface area (Å²) in [5, 5.41) is 16.3. The summed E-state index contributed by atoms with van der Waals surface area (Å²) in [7, 11) is 0. The van der Waals surface area contributed by atoms with E-state index in [4.69, 9.17) is 14.9 Å². The van der Waals surface area contributed by atoms with Crippen molar-refractivity contribution in [2.24, 2.45) is 0 Å². The van der Waals surface area contributed by atoms with Gasteiger partial charge < -0.3 is 25.9 Å². The maximum Gasteiger partial charge on any atom is 0.306 e. The number of aromatic amines is 1. The van der Waals surface area contributed by atoms with Crippen molar-refractivity contribution >= 4 is 11.9 Å². The summed E-state index contributed by atoms with van der Waals surface area (Å²) in [5.41, 5.74) is 0. The maximum atomic E-state index is 10.2. The molecule has 0 amide bonds. The lowest BCUT2D eigenvalue weighted by atomic mass is 10.3. The Morgan fingerprint density at radius 1 is 1.18 bits per heavy atom. The number of cyclic esters (lactones) is 1. The van der Waals surface area contributed by atoms with E-state index in [-0.39, 0.29) is 29.4 Å². The number of aliphatic hydroxyl groups is 1. The minimum atomic E-state index is -0.963. The summed E-state index contributed by atoms with van der Waals surface area (Å²) in [6, 6.07) is 11.6. The second-order valence-electron chi connectivity index (χ2n) is 5.39. The van der Waals surface area contributed by atoms with E-state index < -0.39 is 12.1 Å². The van der Waals surface area contributed by atoms with E-state index >= 15 is 0 Å². The summed E-state index contributed by atoms with van der Waals surface area (Å²) in [6.07, 6.45) is 8.05. The highest BCUT2D eigenvalue weighted by atomic mass is 16.5. The predicted octanol–water partition coefficient (Wildman–Crippen LogP) is 0.487. The van der Waals surface area contributed by atoms with Crippen molar-refractivity contribution in [3.8, 4) is 0 Å². The number of aliphatic hydroxyl groups excluding tert-OH is 1. The Balaban J connectivity index is -0.000000291. The Morgan fingerprint density at radius 2 is 1.71 bits per heavy atom. The molecule has 2 atom stereocenters. The van der Waals surface area contributed by atoms with E-state index in [0.29, 0.717) is 6.42 Å². The molecule has 7 N–H and O–H groups in total.